The van der Waals surface area contributed by atoms with Crippen molar-refractivity contribution >= 4 is 35.1 Å². The van der Waals surface area contributed by atoms with Gasteiger partial charge >= 0.3 is 0 Å². The molecule has 2 fully saturated rings. The van der Waals surface area contributed by atoms with Crippen LogP contribution in [0.2, 0.25) is 5.02 Å². The topological polar surface area (TPSA) is 76.3 Å². The minimum absolute atomic E-state index is 0.0431. The molecular weight excluding hydrogens is 398 g/mol. The fourth-order valence-corrected chi connectivity index (χ4v) is 4.81. The highest BCUT2D eigenvalue weighted by Crippen LogP contribution is 2.43. The van der Waals surface area contributed by atoms with E-state index in [0.29, 0.717) is 40.5 Å². The van der Waals surface area contributed by atoms with Gasteiger partial charge in [-0.1, -0.05) is 41.6 Å². The smallest absolute Gasteiger partial charge is 0.277 e. The minimum Gasteiger partial charge on any atom is -0.416 e. The fourth-order valence-electron chi connectivity index (χ4n) is 3.84. The summed E-state index contributed by atoms with van der Waals surface area (Å²) in [5.74, 6) is 1.04. The summed E-state index contributed by atoms with van der Waals surface area (Å²) in [4.78, 5) is 27.7. The Labute approximate surface area is 173 Å². The highest BCUT2D eigenvalue weighted by Gasteiger charge is 2.47. The van der Waals surface area contributed by atoms with Crippen LogP contribution in [0.5, 0.6) is 0 Å². The van der Waals surface area contributed by atoms with Gasteiger partial charge < -0.3 is 9.32 Å². The maximum Gasteiger partial charge on any atom is 0.277 e. The van der Waals surface area contributed by atoms with Gasteiger partial charge in [-0.25, -0.2) is 0 Å². The molecule has 8 heteroatoms. The monoisotopic (exact) mass is 419 g/mol. The van der Waals surface area contributed by atoms with E-state index < -0.39 is 5.54 Å². The molecule has 6 nitrogen and oxygen atoms in total. The van der Waals surface area contributed by atoms with Gasteiger partial charge in [0.05, 0.1) is 5.75 Å². The highest BCUT2D eigenvalue weighted by molar-refractivity contribution is 7.99. The van der Waals surface area contributed by atoms with E-state index in [1.165, 1.54) is 11.8 Å². The normalized spacial score (nSPS) is 22.3. The molecule has 1 atom stereocenters. The second-order valence-electron chi connectivity index (χ2n) is 7.39. The molecule has 0 spiro atoms. The Morgan fingerprint density at radius 1 is 1.32 bits per heavy atom. The number of hydrogen-bond acceptors (Lipinski definition) is 6. The zero-order valence-corrected chi connectivity index (χ0v) is 17.3. The molecule has 2 aromatic rings. The first-order valence-electron chi connectivity index (χ1n) is 9.53. The predicted octanol–water partition coefficient (Wildman–Crippen LogP) is 4.19. The first kappa shape index (κ1) is 19.5. The van der Waals surface area contributed by atoms with Crippen molar-refractivity contribution in [2.75, 3.05) is 12.8 Å². The Bertz CT molecular complexity index is 898. The molecule has 0 unspecified atom stereocenters. The summed E-state index contributed by atoms with van der Waals surface area (Å²) in [6.45, 7) is 0. The van der Waals surface area contributed by atoms with Gasteiger partial charge in [0.1, 0.15) is 5.54 Å². The lowest BCUT2D eigenvalue weighted by Gasteiger charge is -2.44. The van der Waals surface area contributed by atoms with E-state index in [9.17, 15) is 9.59 Å². The van der Waals surface area contributed by atoms with E-state index in [1.54, 1.807) is 18.0 Å². The Hall–Kier alpha value is -1.86. The molecule has 0 N–H and O–H groups in total. The van der Waals surface area contributed by atoms with Crippen LogP contribution in [-0.2, 0) is 15.1 Å². The van der Waals surface area contributed by atoms with Crippen LogP contribution in [0.1, 0.15) is 55.9 Å². The average molecular weight is 420 g/mol. The molecule has 0 saturated heterocycles. The Morgan fingerprint density at radius 3 is 2.82 bits per heavy atom. The van der Waals surface area contributed by atoms with Gasteiger partial charge in [-0.3, -0.25) is 9.59 Å². The summed E-state index contributed by atoms with van der Waals surface area (Å²) in [5, 5.41) is 8.96. The van der Waals surface area contributed by atoms with Gasteiger partial charge in [-0.2, -0.15) is 0 Å². The Kier molecular flexibility index (Phi) is 5.47. The summed E-state index contributed by atoms with van der Waals surface area (Å²) in [7, 11) is 1.69. The van der Waals surface area contributed by atoms with Gasteiger partial charge in [0.25, 0.3) is 5.22 Å². The number of nitrogens with zero attached hydrogens (tertiary/aromatic N) is 3. The number of carbonyl (C=O) groups excluding carboxylic acids is 2. The number of ketones is 1. The van der Waals surface area contributed by atoms with Gasteiger partial charge in [-0.05, 0) is 38.2 Å². The second-order valence-corrected chi connectivity index (χ2v) is 8.73. The lowest BCUT2D eigenvalue weighted by atomic mass is 9.74. The maximum absolute atomic E-state index is 13.1. The van der Waals surface area contributed by atoms with Crippen LogP contribution in [0.4, 0.5) is 0 Å². The maximum atomic E-state index is 13.1. The third-order valence-corrected chi connectivity index (χ3v) is 6.72. The van der Waals surface area contributed by atoms with Crippen molar-refractivity contribution in [3.8, 4) is 0 Å². The minimum atomic E-state index is -1.01. The number of thioether (sulfide) groups is 1. The van der Waals surface area contributed by atoms with Gasteiger partial charge in [-0.15, -0.1) is 10.2 Å². The van der Waals surface area contributed by atoms with Gasteiger partial charge in [0.2, 0.25) is 11.8 Å². The molecule has 0 bridgehead atoms. The van der Waals surface area contributed by atoms with Crippen molar-refractivity contribution in [1.29, 1.82) is 0 Å². The van der Waals surface area contributed by atoms with Crippen molar-refractivity contribution in [1.82, 2.24) is 15.1 Å². The van der Waals surface area contributed by atoms with E-state index >= 15 is 0 Å². The molecule has 1 aromatic carbocycles. The lowest BCUT2D eigenvalue weighted by molar-refractivity contribution is -0.146. The summed E-state index contributed by atoms with van der Waals surface area (Å²) in [6.07, 6.45) is 4.90. The van der Waals surface area contributed by atoms with Crippen molar-refractivity contribution in [2.24, 2.45) is 0 Å². The molecule has 0 radical (unpaired) electrons. The third kappa shape index (κ3) is 3.57. The number of amides is 1. The van der Waals surface area contributed by atoms with Crippen LogP contribution in [0.25, 0.3) is 0 Å². The van der Waals surface area contributed by atoms with Crippen LogP contribution in [0, 0.1) is 0 Å². The van der Waals surface area contributed by atoms with Gasteiger partial charge in [0, 0.05) is 30.0 Å². The molecule has 4 rings (SSSR count). The number of carbonyl (C=O) groups is 2. The van der Waals surface area contributed by atoms with E-state index in [-0.39, 0.29) is 17.4 Å². The zero-order valence-electron chi connectivity index (χ0n) is 15.7. The molecule has 1 amide bonds. The molecule has 2 saturated carbocycles. The number of Topliss-reactive ketones (excluding diaryl/α,β-unsaturated/α-hetero) is 1. The van der Waals surface area contributed by atoms with E-state index in [2.05, 4.69) is 10.2 Å². The SMILES string of the molecule is CN(C(=O)CSc1nnc(C2CC2)o1)[C@]1(c2ccccc2Cl)CCCCC1=O. The number of hydrogen-bond donors (Lipinski definition) is 0. The van der Waals surface area contributed by atoms with Crippen molar-refractivity contribution in [2.45, 2.75) is 55.2 Å². The number of benzene rings is 1. The van der Waals surface area contributed by atoms with E-state index in [0.717, 1.165) is 25.7 Å². The quantitative estimate of drug-likeness (QED) is 0.653. The molecule has 2 aliphatic carbocycles. The molecular formula is C20H22ClN3O3S. The average Bonchev–Trinajstić information content (AvgIpc) is 3.45. The summed E-state index contributed by atoms with van der Waals surface area (Å²) >= 11 is 7.65. The van der Waals surface area contributed by atoms with Gasteiger partial charge in [0.15, 0.2) is 5.78 Å². The molecule has 148 valence electrons. The summed E-state index contributed by atoms with van der Waals surface area (Å²) in [6, 6.07) is 7.31. The first-order chi connectivity index (χ1) is 13.5. The summed E-state index contributed by atoms with van der Waals surface area (Å²) in [5.41, 5.74) is -0.307. The third-order valence-electron chi connectivity index (χ3n) is 5.59. The number of likely N-dealkylation sites (N-methyl/N-ethyl adjacent to an activating group) is 1. The number of halogens is 1. The molecule has 1 aromatic heterocycles. The van der Waals surface area contributed by atoms with Crippen LogP contribution in [-0.4, -0.2) is 39.6 Å². The zero-order chi connectivity index (χ0) is 19.7. The summed E-state index contributed by atoms with van der Waals surface area (Å²) < 4.78 is 5.62. The van der Waals surface area contributed by atoms with Crippen molar-refractivity contribution in [3.63, 3.8) is 0 Å². The van der Waals surface area contributed by atoms with Crippen molar-refractivity contribution in [3.05, 3.63) is 40.7 Å². The van der Waals surface area contributed by atoms with Crippen LogP contribution >= 0.6 is 23.4 Å². The second kappa shape index (κ2) is 7.87. The number of rotatable bonds is 6. The number of aromatic nitrogens is 2. The molecule has 0 aliphatic heterocycles. The predicted molar refractivity (Wildman–Crippen MR) is 106 cm³/mol. The standard InChI is InChI=1S/C20H22ClN3O3S/c1-24(17(26)12-28-19-23-22-18(27-19)13-9-10-13)20(11-5-4-8-16(20)25)14-6-2-3-7-15(14)21/h2-3,6-7,13H,4-5,8-12H2,1H3/t20-/m0/s1. The Morgan fingerprint density at radius 2 is 2.11 bits per heavy atom. The highest BCUT2D eigenvalue weighted by atomic mass is 35.5. The fraction of sp³-hybridized carbons (Fsp3) is 0.500. The van der Waals surface area contributed by atoms with E-state index in [4.69, 9.17) is 16.0 Å². The van der Waals surface area contributed by atoms with Crippen molar-refractivity contribution < 1.29 is 14.0 Å². The lowest BCUT2D eigenvalue weighted by Crippen LogP contribution is -2.54. The van der Waals surface area contributed by atoms with Crippen LogP contribution < -0.4 is 0 Å². The largest absolute Gasteiger partial charge is 0.416 e. The first-order valence-corrected chi connectivity index (χ1v) is 10.9. The molecule has 2 aliphatic rings. The van der Waals surface area contributed by atoms with E-state index in [1.807, 2.05) is 18.2 Å². The molecule has 28 heavy (non-hydrogen) atoms. The van der Waals surface area contributed by atoms with Crippen LogP contribution in [0.15, 0.2) is 33.9 Å². The Balaban J connectivity index is 1.54. The van der Waals surface area contributed by atoms with Crippen LogP contribution in [0.3, 0.4) is 0 Å². The molecule has 1 heterocycles.